The molecule has 0 aliphatic carbocycles. The van der Waals surface area contributed by atoms with E-state index in [4.69, 9.17) is 4.74 Å². The minimum absolute atomic E-state index is 0.0617. The van der Waals surface area contributed by atoms with Gasteiger partial charge >= 0.3 is 0 Å². The zero-order valence-electron chi connectivity index (χ0n) is 8.96. The first kappa shape index (κ1) is 11.9. The second-order valence-corrected chi connectivity index (χ2v) is 4.88. The van der Waals surface area contributed by atoms with Crippen molar-refractivity contribution in [2.24, 2.45) is 0 Å². The van der Waals surface area contributed by atoms with E-state index in [2.05, 4.69) is 15.3 Å². The van der Waals surface area contributed by atoms with Crippen LogP contribution in [0.3, 0.4) is 0 Å². The number of carbonyl (C=O) groups is 1. The number of nitrogens with zero attached hydrogens (tertiary/aromatic N) is 3. The fourth-order valence-electron chi connectivity index (χ4n) is 1.20. The van der Waals surface area contributed by atoms with Crippen molar-refractivity contribution < 1.29 is 9.53 Å². The average Bonchev–Trinajstić information content (AvgIpc) is 2.92. The lowest BCUT2D eigenvalue weighted by Crippen LogP contribution is -2.16. The largest absolute Gasteiger partial charge is 0.481 e. The van der Waals surface area contributed by atoms with E-state index in [0.29, 0.717) is 11.4 Å². The van der Waals surface area contributed by atoms with Crippen LogP contribution in [0.4, 0.5) is 0 Å². The number of aldehydes is 1. The van der Waals surface area contributed by atoms with Crippen molar-refractivity contribution >= 4 is 29.4 Å². The third-order valence-electron chi connectivity index (χ3n) is 1.98. The SMILES string of the molecule is COc1[nH]n(-c2nnc(SC)s2)c(=O)c1C=O. The molecule has 0 aliphatic rings. The van der Waals surface area contributed by atoms with E-state index < -0.39 is 5.56 Å². The maximum atomic E-state index is 11.8. The highest BCUT2D eigenvalue weighted by Gasteiger charge is 2.17. The van der Waals surface area contributed by atoms with Crippen LogP contribution in [0.2, 0.25) is 0 Å². The molecule has 0 bridgehead atoms. The number of nitrogens with one attached hydrogen (secondary N) is 1. The molecule has 90 valence electrons. The van der Waals surface area contributed by atoms with Crippen LogP contribution < -0.4 is 10.3 Å². The number of methoxy groups -OCH3 is 1. The minimum atomic E-state index is -0.499. The van der Waals surface area contributed by atoms with E-state index in [9.17, 15) is 9.59 Å². The van der Waals surface area contributed by atoms with Crippen LogP contribution in [-0.4, -0.2) is 39.6 Å². The summed E-state index contributed by atoms with van der Waals surface area (Å²) in [7, 11) is 1.37. The lowest BCUT2D eigenvalue weighted by Gasteiger charge is -1.94. The Kier molecular flexibility index (Phi) is 3.29. The summed E-state index contributed by atoms with van der Waals surface area (Å²) in [4.78, 5) is 22.6. The molecule has 0 saturated carbocycles. The Morgan fingerprint density at radius 1 is 1.53 bits per heavy atom. The van der Waals surface area contributed by atoms with Gasteiger partial charge in [-0.3, -0.25) is 14.7 Å². The number of thioether (sulfide) groups is 1. The summed E-state index contributed by atoms with van der Waals surface area (Å²) < 4.78 is 6.76. The summed E-state index contributed by atoms with van der Waals surface area (Å²) in [5.41, 5.74) is -0.561. The zero-order valence-corrected chi connectivity index (χ0v) is 10.6. The van der Waals surface area contributed by atoms with Crippen LogP contribution in [0.1, 0.15) is 10.4 Å². The Morgan fingerprint density at radius 2 is 2.29 bits per heavy atom. The molecule has 0 aromatic carbocycles. The highest BCUT2D eigenvalue weighted by Crippen LogP contribution is 2.22. The van der Waals surface area contributed by atoms with Crippen molar-refractivity contribution in [3.63, 3.8) is 0 Å². The Bertz CT molecular complexity index is 600. The fourth-order valence-corrected chi connectivity index (χ4v) is 2.42. The summed E-state index contributed by atoms with van der Waals surface area (Å²) in [5, 5.41) is 10.7. The Labute approximate surface area is 104 Å². The average molecular weight is 272 g/mol. The molecule has 2 aromatic heterocycles. The highest BCUT2D eigenvalue weighted by molar-refractivity contribution is 8.00. The van der Waals surface area contributed by atoms with Gasteiger partial charge in [0.25, 0.3) is 5.56 Å². The fraction of sp³-hybridized carbons (Fsp3) is 0.250. The van der Waals surface area contributed by atoms with Crippen molar-refractivity contribution in [3.05, 3.63) is 15.9 Å². The summed E-state index contributed by atoms with van der Waals surface area (Å²) in [6.07, 6.45) is 2.31. The van der Waals surface area contributed by atoms with Gasteiger partial charge in [0.05, 0.1) is 7.11 Å². The molecule has 0 aliphatic heterocycles. The molecule has 0 spiro atoms. The first-order chi connectivity index (χ1) is 8.21. The van der Waals surface area contributed by atoms with Gasteiger partial charge < -0.3 is 4.74 Å². The minimum Gasteiger partial charge on any atom is -0.481 e. The van der Waals surface area contributed by atoms with Crippen molar-refractivity contribution in [1.82, 2.24) is 20.0 Å². The lowest BCUT2D eigenvalue weighted by atomic mass is 10.4. The Balaban J connectivity index is 2.56. The zero-order chi connectivity index (χ0) is 12.4. The Hall–Kier alpha value is -1.61. The van der Waals surface area contributed by atoms with Crippen LogP contribution in [-0.2, 0) is 0 Å². The molecule has 0 radical (unpaired) electrons. The normalized spacial score (nSPS) is 10.5. The summed E-state index contributed by atoms with van der Waals surface area (Å²) in [6, 6.07) is 0. The van der Waals surface area contributed by atoms with E-state index in [-0.39, 0.29) is 11.4 Å². The molecule has 0 atom stereocenters. The molecular weight excluding hydrogens is 264 g/mol. The number of carbonyl (C=O) groups excluding carboxylic acids is 1. The first-order valence-corrected chi connectivity index (χ1v) is 6.47. The van der Waals surface area contributed by atoms with Crippen molar-refractivity contribution in [3.8, 4) is 11.0 Å². The number of H-pyrrole nitrogens is 1. The molecule has 0 amide bonds. The molecule has 0 saturated heterocycles. The second-order valence-electron chi connectivity index (χ2n) is 2.87. The van der Waals surface area contributed by atoms with Gasteiger partial charge in [0.2, 0.25) is 11.0 Å². The van der Waals surface area contributed by atoms with Gasteiger partial charge in [-0.25, -0.2) is 0 Å². The highest BCUT2D eigenvalue weighted by atomic mass is 32.2. The number of rotatable bonds is 4. The van der Waals surface area contributed by atoms with Gasteiger partial charge in [0.1, 0.15) is 5.56 Å². The van der Waals surface area contributed by atoms with Gasteiger partial charge in [-0.05, 0) is 6.26 Å². The van der Waals surface area contributed by atoms with Gasteiger partial charge in [-0.2, -0.15) is 4.68 Å². The van der Waals surface area contributed by atoms with Crippen LogP contribution in [0.25, 0.3) is 5.13 Å². The number of aromatic nitrogens is 4. The van der Waals surface area contributed by atoms with Crippen molar-refractivity contribution in [1.29, 1.82) is 0 Å². The maximum absolute atomic E-state index is 11.8. The van der Waals surface area contributed by atoms with E-state index in [1.807, 2.05) is 6.26 Å². The number of ether oxygens (including phenoxy) is 1. The molecule has 9 heteroatoms. The Morgan fingerprint density at radius 3 is 2.76 bits per heavy atom. The number of hydrogen-bond donors (Lipinski definition) is 1. The van der Waals surface area contributed by atoms with Gasteiger partial charge in [-0.1, -0.05) is 23.1 Å². The number of hydrogen-bond acceptors (Lipinski definition) is 7. The summed E-state index contributed by atoms with van der Waals surface area (Å²) in [6.45, 7) is 0. The second kappa shape index (κ2) is 4.72. The van der Waals surface area contributed by atoms with Crippen LogP contribution >= 0.6 is 23.1 Å². The van der Waals surface area contributed by atoms with Crippen LogP contribution in [0.15, 0.2) is 9.13 Å². The maximum Gasteiger partial charge on any atom is 0.287 e. The summed E-state index contributed by atoms with van der Waals surface area (Å²) >= 11 is 2.67. The lowest BCUT2D eigenvalue weighted by molar-refractivity contribution is 0.111. The number of aromatic amines is 1. The molecule has 0 unspecified atom stereocenters. The quantitative estimate of drug-likeness (QED) is 0.646. The van der Waals surface area contributed by atoms with Gasteiger partial charge in [-0.15, -0.1) is 10.2 Å². The van der Waals surface area contributed by atoms with E-state index >= 15 is 0 Å². The molecule has 7 nitrogen and oxygen atoms in total. The topological polar surface area (TPSA) is 89.9 Å². The molecule has 0 fully saturated rings. The molecule has 17 heavy (non-hydrogen) atoms. The standard InChI is InChI=1S/C8H8N4O3S2/c1-15-5-4(3-13)6(14)12(11-5)7-9-10-8(16-2)17-7/h3,11H,1-2H3. The predicted octanol–water partition coefficient (Wildman–Crippen LogP) is 0.560. The van der Waals surface area contributed by atoms with Crippen LogP contribution in [0, 0.1) is 0 Å². The summed E-state index contributed by atoms with van der Waals surface area (Å²) in [5.74, 6) is 0.117. The van der Waals surface area contributed by atoms with E-state index in [1.165, 1.54) is 30.2 Å². The first-order valence-electron chi connectivity index (χ1n) is 4.43. The van der Waals surface area contributed by atoms with E-state index in [0.717, 1.165) is 9.02 Å². The van der Waals surface area contributed by atoms with Crippen molar-refractivity contribution in [2.75, 3.05) is 13.4 Å². The predicted molar refractivity (Wildman–Crippen MR) is 63.6 cm³/mol. The molecule has 2 rings (SSSR count). The van der Waals surface area contributed by atoms with Crippen LogP contribution in [0.5, 0.6) is 5.88 Å². The monoisotopic (exact) mass is 272 g/mol. The molecule has 2 heterocycles. The molecular formula is C8H8N4O3S2. The third kappa shape index (κ3) is 1.98. The molecule has 2 aromatic rings. The molecule has 1 N–H and O–H groups in total. The van der Waals surface area contributed by atoms with Gasteiger partial charge in [0.15, 0.2) is 10.6 Å². The third-order valence-corrected chi connectivity index (χ3v) is 3.86. The van der Waals surface area contributed by atoms with Crippen molar-refractivity contribution in [2.45, 2.75) is 4.34 Å². The van der Waals surface area contributed by atoms with E-state index in [1.54, 1.807) is 0 Å². The smallest absolute Gasteiger partial charge is 0.287 e. The van der Waals surface area contributed by atoms with Gasteiger partial charge in [0, 0.05) is 0 Å².